The first-order valence-corrected chi connectivity index (χ1v) is 7.24. The lowest BCUT2D eigenvalue weighted by Crippen LogP contribution is -2.39. The smallest absolute Gasteiger partial charge is 0.143 e. The van der Waals surface area contributed by atoms with Gasteiger partial charge in [0.05, 0.1) is 4.47 Å². The van der Waals surface area contributed by atoms with Crippen molar-refractivity contribution in [3.05, 3.63) is 22.3 Å². The first-order chi connectivity index (χ1) is 8.11. The number of anilines is 1. The highest BCUT2D eigenvalue weighted by atomic mass is 79.9. The van der Waals surface area contributed by atoms with Crippen LogP contribution in [-0.4, -0.2) is 18.1 Å². The number of halogens is 1. The summed E-state index contributed by atoms with van der Waals surface area (Å²) >= 11 is 3.66. The first-order valence-electron chi connectivity index (χ1n) is 6.45. The summed E-state index contributed by atoms with van der Waals surface area (Å²) in [6.07, 6.45) is 7.27. The largest absolute Gasteiger partial charge is 0.355 e. The highest BCUT2D eigenvalue weighted by Gasteiger charge is 2.26. The second-order valence-corrected chi connectivity index (χ2v) is 6.00. The van der Waals surface area contributed by atoms with Gasteiger partial charge in [-0.1, -0.05) is 19.8 Å². The van der Waals surface area contributed by atoms with Crippen LogP contribution >= 0.6 is 15.9 Å². The number of pyridine rings is 1. The van der Waals surface area contributed by atoms with Gasteiger partial charge in [-0.05, 0) is 53.2 Å². The molecule has 0 spiro atoms. The third-order valence-electron chi connectivity index (χ3n) is 3.96. The van der Waals surface area contributed by atoms with Crippen molar-refractivity contribution in [1.82, 2.24) is 4.98 Å². The molecule has 0 radical (unpaired) electrons. The van der Waals surface area contributed by atoms with E-state index >= 15 is 0 Å². The first kappa shape index (κ1) is 12.9. The summed E-state index contributed by atoms with van der Waals surface area (Å²) in [5.74, 6) is 1.85. The average Bonchev–Trinajstić information content (AvgIpc) is 2.32. The van der Waals surface area contributed by atoms with E-state index in [0.29, 0.717) is 6.04 Å². The van der Waals surface area contributed by atoms with Gasteiger partial charge in [0, 0.05) is 19.3 Å². The Morgan fingerprint density at radius 3 is 2.76 bits per heavy atom. The zero-order valence-corrected chi connectivity index (χ0v) is 12.5. The van der Waals surface area contributed by atoms with E-state index < -0.39 is 0 Å². The quantitative estimate of drug-likeness (QED) is 0.814. The van der Waals surface area contributed by atoms with E-state index in [1.165, 1.54) is 31.2 Å². The molecule has 2 atom stereocenters. The minimum Gasteiger partial charge on any atom is -0.355 e. The standard InChI is InChI=1S/C14H21BrN2/c1-10-6-4-5-7-12(10)17(3)14-13(15)11(2)8-9-16-14/h8-10,12H,4-7H2,1-3H3. The van der Waals surface area contributed by atoms with E-state index in [1.807, 2.05) is 12.3 Å². The van der Waals surface area contributed by atoms with Crippen LogP contribution in [0.25, 0.3) is 0 Å². The maximum atomic E-state index is 4.53. The van der Waals surface area contributed by atoms with E-state index in [4.69, 9.17) is 0 Å². The molecule has 1 heterocycles. The average molecular weight is 297 g/mol. The van der Waals surface area contributed by atoms with E-state index in [1.54, 1.807) is 0 Å². The Balaban J connectivity index is 2.23. The number of hydrogen-bond donors (Lipinski definition) is 0. The van der Waals surface area contributed by atoms with Gasteiger partial charge < -0.3 is 4.90 Å². The molecule has 2 unspecified atom stereocenters. The highest BCUT2D eigenvalue weighted by Crippen LogP contribution is 2.33. The minimum absolute atomic E-state index is 0.634. The van der Waals surface area contributed by atoms with Gasteiger partial charge in [0.25, 0.3) is 0 Å². The Kier molecular flexibility index (Phi) is 4.08. The second-order valence-electron chi connectivity index (χ2n) is 5.21. The Hall–Kier alpha value is -0.570. The Labute approximate surface area is 113 Å². The van der Waals surface area contributed by atoms with Crippen molar-refractivity contribution in [2.75, 3.05) is 11.9 Å². The van der Waals surface area contributed by atoms with Crippen molar-refractivity contribution < 1.29 is 0 Å². The fraction of sp³-hybridized carbons (Fsp3) is 0.643. The van der Waals surface area contributed by atoms with Crippen molar-refractivity contribution in [3.63, 3.8) is 0 Å². The Morgan fingerprint density at radius 1 is 1.35 bits per heavy atom. The SMILES string of the molecule is Cc1ccnc(N(C)C2CCCCC2C)c1Br. The molecular formula is C14H21BrN2. The molecule has 1 aliphatic carbocycles. The molecule has 0 bridgehead atoms. The molecule has 0 aliphatic heterocycles. The number of aryl methyl sites for hydroxylation is 1. The van der Waals surface area contributed by atoms with Crippen LogP contribution < -0.4 is 4.90 Å². The number of rotatable bonds is 2. The van der Waals surface area contributed by atoms with Crippen LogP contribution in [0.3, 0.4) is 0 Å². The maximum Gasteiger partial charge on any atom is 0.143 e. The molecule has 1 aromatic rings. The molecule has 1 aliphatic rings. The van der Waals surface area contributed by atoms with Gasteiger partial charge >= 0.3 is 0 Å². The van der Waals surface area contributed by atoms with Crippen LogP contribution in [0.2, 0.25) is 0 Å². The molecule has 0 aromatic carbocycles. The minimum atomic E-state index is 0.634. The van der Waals surface area contributed by atoms with E-state index in [0.717, 1.165) is 16.2 Å². The van der Waals surface area contributed by atoms with Gasteiger partial charge in [0.1, 0.15) is 5.82 Å². The molecule has 0 N–H and O–H groups in total. The van der Waals surface area contributed by atoms with E-state index in [9.17, 15) is 0 Å². The summed E-state index contributed by atoms with van der Waals surface area (Å²) in [6.45, 7) is 4.48. The summed E-state index contributed by atoms with van der Waals surface area (Å²) in [5.41, 5.74) is 1.25. The molecule has 1 fully saturated rings. The molecule has 17 heavy (non-hydrogen) atoms. The summed E-state index contributed by atoms with van der Waals surface area (Å²) in [5, 5.41) is 0. The lowest BCUT2D eigenvalue weighted by atomic mass is 9.85. The van der Waals surface area contributed by atoms with Crippen molar-refractivity contribution in [2.24, 2.45) is 5.92 Å². The summed E-state index contributed by atoms with van der Waals surface area (Å²) in [7, 11) is 2.18. The number of hydrogen-bond acceptors (Lipinski definition) is 2. The van der Waals surface area contributed by atoms with Crippen LogP contribution in [0.15, 0.2) is 16.7 Å². The van der Waals surface area contributed by atoms with E-state index in [-0.39, 0.29) is 0 Å². The van der Waals surface area contributed by atoms with Gasteiger partial charge in [-0.3, -0.25) is 0 Å². The maximum absolute atomic E-state index is 4.53. The third kappa shape index (κ3) is 2.65. The van der Waals surface area contributed by atoms with Crippen molar-refractivity contribution in [2.45, 2.75) is 45.6 Å². The molecule has 0 amide bonds. The zero-order chi connectivity index (χ0) is 12.4. The topological polar surface area (TPSA) is 16.1 Å². The summed E-state index contributed by atoms with van der Waals surface area (Å²) < 4.78 is 1.14. The van der Waals surface area contributed by atoms with Gasteiger partial charge in [-0.2, -0.15) is 0 Å². The molecule has 1 aromatic heterocycles. The van der Waals surface area contributed by atoms with Gasteiger partial charge in [0.15, 0.2) is 0 Å². The molecule has 3 heteroatoms. The fourth-order valence-electron chi connectivity index (χ4n) is 2.80. The fourth-order valence-corrected chi connectivity index (χ4v) is 3.32. The Morgan fingerprint density at radius 2 is 2.06 bits per heavy atom. The Bertz CT molecular complexity index is 392. The molecule has 2 nitrogen and oxygen atoms in total. The molecule has 0 saturated heterocycles. The van der Waals surface area contributed by atoms with Gasteiger partial charge in [-0.25, -0.2) is 4.98 Å². The van der Waals surface area contributed by atoms with Crippen LogP contribution in [-0.2, 0) is 0 Å². The molecule has 1 saturated carbocycles. The van der Waals surface area contributed by atoms with Crippen molar-refractivity contribution >= 4 is 21.7 Å². The van der Waals surface area contributed by atoms with Crippen LogP contribution in [0.1, 0.15) is 38.2 Å². The van der Waals surface area contributed by atoms with Crippen LogP contribution in [0, 0.1) is 12.8 Å². The third-order valence-corrected chi connectivity index (χ3v) is 4.94. The number of aromatic nitrogens is 1. The zero-order valence-electron chi connectivity index (χ0n) is 10.9. The normalized spacial score (nSPS) is 24.7. The van der Waals surface area contributed by atoms with E-state index in [2.05, 4.69) is 46.7 Å². The lowest BCUT2D eigenvalue weighted by molar-refractivity contribution is 0.320. The van der Waals surface area contributed by atoms with Gasteiger partial charge in [-0.15, -0.1) is 0 Å². The van der Waals surface area contributed by atoms with Crippen LogP contribution in [0.5, 0.6) is 0 Å². The lowest BCUT2D eigenvalue weighted by Gasteiger charge is -2.37. The predicted molar refractivity (Wildman–Crippen MR) is 76.5 cm³/mol. The predicted octanol–water partition coefficient (Wildman–Crippen LogP) is 4.17. The molecular weight excluding hydrogens is 276 g/mol. The second kappa shape index (κ2) is 5.38. The van der Waals surface area contributed by atoms with Crippen molar-refractivity contribution in [1.29, 1.82) is 0 Å². The molecule has 2 rings (SSSR count). The van der Waals surface area contributed by atoms with Gasteiger partial charge in [0.2, 0.25) is 0 Å². The number of nitrogens with zero attached hydrogens (tertiary/aromatic N) is 2. The van der Waals surface area contributed by atoms with Crippen molar-refractivity contribution in [3.8, 4) is 0 Å². The highest BCUT2D eigenvalue weighted by molar-refractivity contribution is 9.10. The monoisotopic (exact) mass is 296 g/mol. The molecule has 94 valence electrons. The summed E-state index contributed by atoms with van der Waals surface area (Å²) in [6, 6.07) is 2.68. The summed E-state index contributed by atoms with van der Waals surface area (Å²) in [4.78, 5) is 6.89. The van der Waals surface area contributed by atoms with Crippen LogP contribution in [0.4, 0.5) is 5.82 Å².